The second kappa shape index (κ2) is 5.43. The first-order chi connectivity index (χ1) is 9.24. The van der Waals surface area contributed by atoms with E-state index >= 15 is 0 Å². The summed E-state index contributed by atoms with van der Waals surface area (Å²) in [7, 11) is 0. The largest absolute Gasteiger partial charge is 0.334 e. The van der Waals surface area contributed by atoms with Crippen molar-refractivity contribution in [2.24, 2.45) is 0 Å². The summed E-state index contributed by atoms with van der Waals surface area (Å²) in [5.41, 5.74) is 4.21. The summed E-state index contributed by atoms with van der Waals surface area (Å²) in [4.78, 5) is 10.3. The fourth-order valence-corrected chi connectivity index (χ4v) is 3.50. The zero-order chi connectivity index (χ0) is 13.2. The molecule has 0 saturated heterocycles. The lowest BCUT2D eigenvalue weighted by Crippen LogP contribution is -2.26. The highest BCUT2D eigenvalue weighted by atomic mass is 32.1. The van der Waals surface area contributed by atoms with Crippen molar-refractivity contribution in [1.29, 1.82) is 0 Å². The van der Waals surface area contributed by atoms with Crippen molar-refractivity contribution in [1.82, 2.24) is 19.9 Å². The van der Waals surface area contributed by atoms with Crippen LogP contribution in [0.4, 0.5) is 0 Å². The van der Waals surface area contributed by atoms with Crippen LogP contribution in [-0.4, -0.2) is 21.1 Å². The van der Waals surface area contributed by atoms with E-state index in [1.165, 1.54) is 23.5 Å². The van der Waals surface area contributed by atoms with Gasteiger partial charge in [0.25, 0.3) is 0 Å². The maximum absolute atomic E-state index is 4.68. The number of nitrogens with one attached hydrogen (secondary N) is 1. The summed E-state index contributed by atoms with van der Waals surface area (Å²) in [6, 6.07) is 0. The smallest absolute Gasteiger partial charge is 0.113 e. The van der Waals surface area contributed by atoms with Crippen LogP contribution in [-0.2, 0) is 13.1 Å². The van der Waals surface area contributed by atoms with Gasteiger partial charge < -0.3 is 9.88 Å². The first kappa shape index (κ1) is 12.8. The summed E-state index contributed by atoms with van der Waals surface area (Å²) in [5.74, 6) is 1.81. The molecule has 2 aromatic rings. The second-order valence-corrected chi connectivity index (χ2v) is 6.20. The van der Waals surface area contributed by atoms with E-state index in [0.29, 0.717) is 5.92 Å². The molecule has 0 aliphatic carbocycles. The van der Waals surface area contributed by atoms with Crippen LogP contribution in [0, 0.1) is 13.8 Å². The standard InChI is InChI=1S/C14H20N4S/c1-10-8-18-5-3-4-12(14(18)17-10)6-15-7-13-11(2)16-9-19-13/h8-9,12,15H,3-7H2,1-2H3. The monoisotopic (exact) mass is 276 g/mol. The Morgan fingerprint density at radius 1 is 1.47 bits per heavy atom. The van der Waals surface area contributed by atoms with Gasteiger partial charge in [0, 0.05) is 36.6 Å². The molecule has 0 saturated carbocycles. The summed E-state index contributed by atoms with van der Waals surface area (Å²) in [6.07, 6.45) is 4.68. The van der Waals surface area contributed by atoms with Crippen LogP contribution in [0.3, 0.4) is 0 Å². The fourth-order valence-electron chi connectivity index (χ4n) is 2.76. The molecule has 1 aliphatic heterocycles. The topological polar surface area (TPSA) is 42.7 Å². The Kier molecular flexibility index (Phi) is 3.66. The molecule has 0 radical (unpaired) electrons. The van der Waals surface area contributed by atoms with E-state index in [1.54, 1.807) is 11.3 Å². The Labute approximate surface area is 117 Å². The molecule has 0 spiro atoms. The van der Waals surface area contributed by atoms with Gasteiger partial charge in [-0.2, -0.15) is 0 Å². The lowest BCUT2D eigenvalue weighted by Gasteiger charge is -2.23. The molecular weight excluding hydrogens is 256 g/mol. The predicted molar refractivity (Wildman–Crippen MR) is 77.5 cm³/mol. The molecule has 2 aromatic heterocycles. The predicted octanol–water partition coefficient (Wildman–Crippen LogP) is 2.62. The summed E-state index contributed by atoms with van der Waals surface area (Å²) < 4.78 is 2.32. The van der Waals surface area contributed by atoms with Crippen molar-refractivity contribution >= 4 is 11.3 Å². The normalized spacial score (nSPS) is 18.5. The molecular formula is C14H20N4S. The number of imidazole rings is 1. The Morgan fingerprint density at radius 3 is 3.16 bits per heavy atom. The highest BCUT2D eigenvalue weighted by Crippen LogP contribution is 2.26. The van der Waals surface area contributed by atoms with E-state index in [1.807, 2.05) is 5.51 Å². The molecule has 3 rings (SSSR count). The molecule has 0 fully saturated rings. The van der Waals surface area contributed by atoms with Crippen molar-refractivity contribution in [2.75, 3.05) is 6.54 Å². The van der Waals surface area contributed by atoms with Gasteiger partial charge in [-0.25, -0.2) is 9.97 Å². The third-order valence-corrected chi connectivity index (χ3v) is 4.70. The number of rotatable bonds is 4. The van der Waals surface area contributed by atoms with Gasteiger partial charge in [0.1, 0.15) is 5.82 Å². The minimum absolute atomic E-state index is 0.552. The van der Waals surface area contributed by atoms with Gasteiger partial charge in [0.2, 0.25) is 0 Å². The number of hydrogen-bond donors (Lipinski definition) is 1. The van der Waals surface area contributed by atoms with E-state index in [-0.39, 0.29) is 0 Å². The molecule has 0 bridgehead atoms. The van der Waals surface area contributed by atoms with Gasteiger partial charge in [-0.1, -0.05) is 0 Å². The van der Waals surface area contributed by atoms with E-state index in [9.17, 15) is 0 Å². The van der Waals surface area contributed by atoms with Crippen molar-refractivity contribution in [3.63, 3.8) is 0 Å². The quantitative estimate of drug-likeness (QED) is 0.933. The molecule has 102 valence electrons. The third-order valence-electron chi connectivity index (χ3n) is 3.77. The second-order valence-electron chi connectivity index (χ2n) is 5.26. The molecule has 3 heterocycles. The Hall–Kier alpha value is -1.20. The maximum atomic E-state index is 4.68. The Balaban J connectivity index is 1.60. The van der Waals surface area contributed by atoms with Crippen molar-refractivity contribution in [3.05, 3.63) is 33.8 Å². The van der Waals surface area contributed by atoms with Crippen LogP contribution < -0.4 is 5.32 Å². The van der Waals surface area contributed by atoms with E-state index < -0.39 is 0 Å². The van der Waals surface area contributed by atoms with Crippen molar-refractivity contribution < 1.29 is 0 Å². The average molecular weight is 276 g/mol. The lowest BCUT2D eigenvalue weighted by molar-refractivity contribution is 0.423. The highest BCUT2D eigenvalue weighted by molar-refractivity contribution is 7.09. The summed E-state index contributed by atoms with van der Waals surface area (Å²) in [5, 5.41) is 3.57. The minimum atomic E-state index is 0.552. The Bertz CT molecular complexity index is 558. The minimum Gasteiger partial charge on any atom is -0.334 e. The van der Waals surface area contributed by atoms with Crippen LogP contribution in [0.5, 0.6) is 0 Å². The molecule has 5 heteroatoms. The van der Waals surface area contributed by atoms with Gasteiger partial charge >= 0.3 is 0 Å². The maximum Gasteiger partial charge on any atom is 0.113 e. The molecule has 1 N–H and O–H groups in total. The van der Waals surface area contributed by atoms with Crippen LogP contribution in [0.25, 0.3) is 0 Å². The molecule has 19 heavy (non-hydrogen) atoms. The molecule has 1 atom stereocenters. The fraction of sp³-hybridized carbons (Fsp3) is 0.571. The van der Waals surface area contributed by atoms with E-state index in [4.69, 9.17) is 0 Å². The number of aromatic nitrogens is 3. The van der Waals surface area contributed by atoms with Crippen molar-refractivity contribution in [2.45, 2.75) is 45.7 Å². The SMILES string of the molecule is Cc1cn2c(n1)C(CNCc1scnc1C)CCC2. The average Bonchev–Trinajstić information content (AvgIpc) is 2.95. The van der Waals surface area contributed by atoms with Gasteiger partial charge in [-0.3, -0.25) is 0 Å². The zero-order valence-electron chi connectivity index (χ0n) is 11.5. The lowest BCUT2D eigenvalue weighted by atomic mass is 9.99. The Morgan fingerprint density at radius 2 is 2.37 bits per heavy atom. The number of hydrogen-bond acceptors (Lipinski definition) is 4. The molecule has 4 nitrogen and oxygen atoms in total. The molecule has 0 amide bonds. The summed E-state index contributed by atoms with van der Waals surface area (Å²) in [6.45, 7) is 7.21. The molecule has 0 aromatic carbocycles. The molecule has 1 aliphatic rings. The van der Waals surface area contributed by atoms with Crippen LogP contribution in [0.2, 0.25) is 0 Å². The van der Waals surface area contributed by atoms with Crippen LogP contribution in [0.15, 0.2) is 11.7 Å². The zero-order valence-corrected chi connectivity index (χ0v) is 12.3. The number of nitrogens with zero attached hydrogens (tertiary/aromatic N) is 3. The first-order valence-electron chi connectivity index (χ1n) is 6.87. The van der Waals surface area contributed by atoms with E-state index in [0.717, 1.165) is 31.0 Å². The van der Waals surface area contributed by atoms with Crippen LogP contribution in [0.1, 0.15) is 40.8 Å². The van der Waals surface area contributed by atoms with Gasteiger partial charge in [-0.05, 0) is 26.7 Å². The van der Waals surface area contributed by atoms with Gasteiger partial charge in [0.15, 0.2) is 0 Å². The number of aryl methyl sites for hydroxylation is 3. The van der Waals surface area contributed by atoms with Crippen LogP contribution >= 0.6 is 11.3 Å². The number of thiazole rings is 1. The highest BCUT2D eigenvalue weighted by Gasteiger charge is 2.21. The van der Waals surface area contributed by atoms with Crippen molar-refractivity contribution in [3.8, 4) is 0 Å². The molecule has 1 unspecified atom stereocenters. The number of fused-ring (bicyclic) bond motifs is 1. The van der Waals surface area contributed by atoms with Gasteiger partial charge in [-0.15, -0.1) is 11.3 Å². The summed E-state index contributed by atoms with van der Waals surface area (Å²) >= 11 is 1.73. The van der Waals surface area contributed by atoms with E-state index in [2.05, 4.69) is 39.9 Å². The first-order valence-corrected chi connectivity index (χ1v) is 7.75. The van der Waals surface area contributed by atoms with Gasteiger partial charge in [0.05, 0.1) is 16.9 Å². The third kappa shape index (κ3) is 2.72.